The molecule has 3 aromatic carbocycles. The van der Waals surface area contributed by atoms with E-state index in [9.17, 15) is 5.11 Å². The van der Waals surface area contributed by atoms with Gasteiger partial charge in [-0.05, 0) is 48.4 Å². The van der Waals surface area contributed by atoms with Crippen LogP contribution in [0.5, 0.6) is 11.5 Å². The van der Waals surface area contributed by atoms with Crippen molar-refractivity contribution in [3.05, 3.63) is 126 Å². The summed E-state index contributed by atoms with van der Waals surface area (Å²) in [7, 11) is 0. The van der Waals surface area contributed by atoms with Gasteiger partial charge in [0.1, 0.15) is 29.4 Å². The molecule has 5 aromatic rings. The minimum absolute atomic E-state index is 0.166. The number of benzene rings is 3. The van der Waals surface area contributed by atoms with E-state index in [0.29, 0.717) is 17.9 Å². The Morgan fingerprint density at radius 1 is 0.853 bits per heavy atom. The number of phenolic OH excluding ortho intramolecular Hbond substituents is 1. The Balaban J connectivity index is 1.48. The maximum absolute atomic E-state index is 11.2. The molecule has 168 valence electrons. The van der Waals surface area contributed by atoms with Crippen LogP contribution in [-0.4, -0.2) is 15.1 Å². The van der Waals surface area contributed by atoms with E-state index < -0.39 is 0 Å². The van der Waals surface area contributed by atoms with Crippen LogP contribution in [0.4, 0.5) is 5.82 Å². The lowest BCUT2D eigenvalue weighted by molar-refractivity contribution is 0.306. The summed E-state index contributed by atoms with van der Waals surface area (Å²) in [6.45, 7) is 2.43. The maximum atomic E-state index is 11.2. The number of pyridine rings is 2. The molecule has 0 saturated carbocycles. The van der Waals surface area contributed by atoms with Gasteiger partial charge in [-0.25, -0.2) is 9.97 Å². The Morgan fingerprint density at radius 2 is 1.62 bits per heavy atom. The Morgan fingerprint density at radius 3 is 2.38 bits per heavy atom. The van der Waals surface area contributed by atoms with Crippen molar-refractivity contribution >= 4 is 16.7 Å². The molecule has 0 aliphatic rings. The third-order valence-electron chi connectivity index (χ3n) is 5.74. The number of fused-ring (bicyclic) bond motifs is 1. The zero-order chi connectivity index (χ0) is 23.3. The highest BCUT2D eigenvalue weighted by molar-refractivity contribution is 5.86. The molecular formula is C29H25N3O2. The van der Waals surface area contributed by atoms with E-state index in [2.05, 4.69) is 15.3 Å². The van der Waals surface area contributed by atoms with Crippen LogP contribution >= 0.6 is 0 Å². The Bertz CT molecular complexity index is 1390. The zero-order valence-electron chi connectivity index (χ0n) is 18.8. The highest BCUT2D eigenvalue weighted by Gasteiger charge is 2.20. The first-order valence-electron chi connectivity index (χ1n) is 11.2. The molecule has 2 aromatic heterocycles. The van der Waals surface area contributed by atoms with Crippen LogP contribution in [0.1, 0.15) is 28.4 Å². The van der Waals surface area contributed by atoms with Gasteiger partial charge < -0.3 is 15.2 Å². The topological polar surface area (TPSA) is 67.3 Å². The number of anilines is 1. The molecule has 0 aliphatic carbocycles. The van der Waals surface area contributed by atoms with Crippen LogP contribution in [0.25, 0.3) is 10.9 Å². The molecule has 0 aliphatic heterocycles. The van der Waals surface area contributed by atoms with Crippen LogP contribution in [0.3, 0.4) is 0 Å². The number of aromatic nitrogens is 2. The van der Waals surface area contributed by atoms with Crippen LogP contribution in [0.15, 0.2) is 103 Å². The summed E-state index contributed by atoms with van der Waals surface area (Å²) in [5, 5.41) is 15.6. The molecule has 0 amide bonds. The highest BCUT2D eigenvalue weighted by atomic mass is 16.5. The van der Waals surface area contributed by atoms with E-state index in [-0.39, 0.29) is 11.8 Å². The Hall–Kier alpha value is -4.38. The number of aromatic hydroxyl groups is 1. The van der Waals surface area contributed by atoms with Crippen LogP contribution in [0.2, 0.25) is 0 Å². The van der Waals surface area contributed by atoms with Gasteiger partial charge in [0.2, 0.25) is 0 Å². The quantitative estimate of drug-likeness (QED) is 0.301. The van der Waals surface area contributed by atoms with Crippen LogP contribution in [-0.2, 0) is 6.61 Å². The molecule has 0 radical (unpaired) electrons. The van der Waals surface area contributed by atoms with Crippen molar-refractivity contribution in [1.82, 2.24) is 9.97 Å². The minimum Gasteiger partial charge on any atom is -0.505 e. The second-order valence-corrected chi connectivity index (χ2v) is 8.16. The first-order chi connectivity index (χ1) is 16.7. The predicted molar refractivity (Wildman–Crippen MR) is 135 cm³/mol. The molecule has 0 bridgehead atoms. The fourth-order valence-electron chi connectivity index (χ4n) is 3.95. The van der Waals surface area contributed by atoms with Crippen LogP contribution in [0, 0.1) is 6.92 Å². The molecule has 0 fully saturated rings. The third-order valence-corrected chi connectivity index (χ3v) is 5.74. The lowest BCUT2D eigenvalue weighted by atomic mass is 9.96. The number of nitrogens with zero attached hydrogens (tertiary/aromatic N) is 2. The van der Waals surface area contributed by atoms with Crippen molar-refractivity contribution in [2.24, 2.45) is 0 Å². The van der Waals surface area contributed by atoms with Crippen molar-refractivity contribution in [2.45, 2.75) is 19.6 Å². The standard InChI is InChI=1S/C29H25N3O2/c1-20-10-11-23-14-17-25(29(33)28(23)31-20)27(32-26-9-5-6-18-30-26)22-12-15-24(16-13-22)34-19-21-7-3-2-4-8-21/h2-18,27,33H,19H2,1H3,(H,30,32). The lowest BCUT2D eigenvalue weighted by Gasteiger charge is -2.22. The molecule has 5 nitrogen and oxygen atoms in total. The molecule has 5 rings (SSSR count). The Labute approximate surface area is 198 Å². The molecule has 5 heteroatoms. The SMILES string of the molecule is Cc1ccc2ccc(C(Nc3ccccn3)c3ccc(OCc4ccccc4)cc3)c(O)c2n1. The minimum atomic E-state index is -0.329. The van der Waals surface area contributed by atoms with Crippen LogP contribution < -0.4 is 10.1 Å². The molecule has 1 unspecified atom stereocenters. The smallest absolute Gasteiger partial charge is 0.147 e. The molecule has 2 N–H and O–H groups in total. The molecular weight excluding hydrogens is 422 g/mol. The Kier molecular flexibility index (Phi) is 6.08. The van der Waals surface area contributed by atoms with E-state index >= 15 is 0 Å². The van der Waals surface area contributed by atoms with Gasteiger partial charge in [0, 0.05) is 22.8 Å². The van der Waals surface area contributed by atoms with Gasteiger partial charge in [-0.2, -0.15) is 0 Å². The second kappa shape index (κ2) is 9.63. The summed E-state index contributed by atoms with van der Waals surface area (Å²) in [5.41, 5.74) is 4.27. The first-order valence-corrected chi connectivity index (χ1v) is 11.2. The highest BCUT2D eigenvalue weighted by Crippen LogP contribution is 2.37. The van der Waals surface area contributed by atoms with Gasteiger partial charge in [-0.3, -0.25) is 0 Å². The van der Waals surface area contributed by atoms with Crippen molar-refractivity contribution in [1.29, 1.82) is 0 Å². The van der Waals surface area contributed by atoms with Gasteiger partial charge in [-0.15, -0.1) is 0 Å². The van der Waals surface area contributed by atoms with E-state index in [1.807, 2.05) is 104 Å². The molecule has 2 heterocycles. The number of hydrogen-bond acceptors (Lipinski definition) is 5. The predicted octanol–water partition coefficient (Wildman–Crippen LogP) is 6.42. The van der Waals surface area contributed by atoms with E-state index in [0.717, 1.165) is 33.5 Å². The van der Waals surface area contributed by atoms with Gasteiger partial charge in [0.05, 0.1) is 6.04 Å². The number of aryl methyl sites for hydroxylation is 1. The fraction of sp³-hybridized carbons (Fsp3) is 0.103. The van der Waals surface area contributed by atoms with E-state index in [1.54, 1.807) is 6.20 Å². The molecule has 0 saturated heterocycles. The number of rotatable bonds is 7. The summed E-state index contributed by atoms with van der Waals surface area (Å²) < 4.78 is 5.95. The number of phenols is 1. The number of ether oxygens (including phenoxy) is 1. The third kappa shape index (κ3) is 4.69. The number of hydrogen-bond donors (Lipinski definition) is 2. The number of nitrogens with one attached hydrogen (secondary N) is 1. The normalized spacial score (nSPS) is 11.8. The average Bonchev–Trinajstić information content (AvgIpc) is 2.89. The summed E-state index contributed by atoms with van der Waals surface area (Å²) >= 11 is 0. The lowest BCUT2D eigenvalue weighted by Crippen LogP contribution is -2.13. The summed E-state index contributed by atoms with van der Waals surface area (Å²) in [6.07, 6.45) is 1.74. The van der Waals surface area contributed by atoms with Crippen molar-refractivity contribution in [3.63, 3.8) is 0 Å². The van der Waals surface area contributed by atoms with Gasteiger partial charge in [0.15, 0.2) is 0 Å². The van der Waals surface area contributed by atoms with Gasteiger partial charge in [-0.1, -0.05) is 66.7 Å². The van der Waals surface area contributed by atoms with E-state index in [1.165, 1.54) is 0 Å². The van der Waals surface area contributed by atoms with Crippen molar-refractivity contribution in [3.8, 4) is 11.5 Å². The zero-order valence-corrected chi connectivity index (χ0v) is 18.8. The monoisotopic (exact) mass is 447 g/mol. The van der Waals surface area contributed by atoms with Crippen molar-refractivity contribution in [2.75, 3.05) is 5.32 Å². The summed E-state index contributed by atoms with van der Waals surface area (Å²) in [4.78, 5) is 9.00. The van der Waals surface area contributed by atoms with E-state index in [4.69, 9.17) is 4.74 Å². The largest absolute Gasteiger partial charge is 0.505 e. The molecule has 34 heavy (non-hydrogen) atoms. The fourth-order valence-corrected chi connectivity index (χ4v) is 3.95. The van der Waals surface area contributed by atoms with Gasteiger partial charge >= 0.3 is 0 Å². The average molecular weight is 448 g/mol. The summed E-state index contributed by atoms with van der Waals surface area (Å²) in [6, 6.07) is 31.2. The second-order valence-electron chi connectivity index (χ2n) is 8.16. The molecule has 1 atom stereocenters. The summed E-state index contributed by atoms with van der Waals surface area (Å²) in [5.74, 6) is 1.66. The molecule has 0 spiro atoms. The van der Waals surface area contributed by atoms with Gasteiger partial charge in [0.25, 0.3) is 0 Å². The first kappa shape index (κ1) is 21.5. The maximum Gasteiger partial charge on any atom is 0.147 e. The van der Waals surface area contributed by atoms with Crippen molar-refractivity contribution < 1.29 is 9.84 Å².